The molecule has 0 amide bonds. The molecule has 0 saturated carbocycles. The molecule has 0 radical (unpaired) electrons. The average molecular weight is 314 g/mol. The molecule has 6 heteroatoms. The second kappa shape index (κ2) is 6.27. The van der Waals surface area contributed by atoms with Crippen LogP contribution in [0.1, 0.15) is 16.7 Å². The van der Waals surface area contributed by atoms with Gasteiger partial charge in [0.2, 0.25) is 5.16 Å². The first-order valence-electron chi connectivity index (χ1n) is 6.87. The van der Waals surface area contributed by atoms with Gasteiger partial charge in [-0.25, -0.2) is 4.39 Å². The quantitative estimate of drug-likeness (QED) is 0.689. The maximum absolute atomic E-state index is 13.7. The fourth-order valence-electron chi connectivity index (χ4n) is 2.13. The van der Waals surface area contributed by atoms with Crippen molar-refractivity contribution in [3.05, 3.63) is 65.0 Å². The predicted octanol–water partition coefficient (Wildman–Crippen LogP) is 3.71. The van der Waals surface area contributed by atoms with Crippen LogP contribution in [0.5, 0.6) is 0 Å². The maximum atomic E-state index is 13.7. The molecule has 1 aromatic heterocycles. The third-order valence-electron chi connectivity index (χ3n) is 3.35. The first-order chi connectivity index (χ1) is 10.6. The zero-order valence-electron chi connectivity index (χ0n) is 12.3. The highest BCUT2D eigenvalue weighted by molar-refractivity contribution is 7.98. The minimum Gasteiger partial charge on any atom is -0.207 e. The number of nitrogens with zero attached hydrogens (tertiary/aromatic N) is 4. The summed E-state index contributed by atoms with van der Waals surface area (Å²) in [4.78, 5) is 0. The van der Waals surface area contributed by atoms with Gasteiger partial charge in [-0.05, 0) is 53.1 Å². The number of hydrogen-bond acceptors (Lipinski definition) is 4. The molecule has 1 heterocycles. The Morgan fingerprint density at radius 1 is 1.14 bits per heavy atom. The van der Waals surface area contributed by atoms with Crippen LogP contribution in [0.4, 0.5) is 4.39 Å². The smallest absolute Gasteiger partial charge is 0.207 e. The lowest BCUT2D eigenvalue weighted by Gasteiger charge is -2.08. The summed E-state index contributed by atoms with van der Waals surface area (Å²) < 4.78 is 15.4. The van der Waals surface area contributed by atoms with Crippen molar-refractivity contribution in [3.8, 4) is 5.69 Å². The Morgan fingerprint density at radius 3 is 2.77 bits per heavy atom. The lowest BCUT2D eigenvalue weighted by Crippen LogP contribution is -2.02. The minimum absolute atomic E-state index is 0.208. The lowest BCUT2D eigenvalue weighted by molar-refractivity contribution is 0.617. The van der Waals surface area contributed by atoms with Crippen molar-refractivity contribution in [2.75, 3.05) is 0 Å². The van der Waals surface area contributed by atoms with Crippen molar-refractivity contribution in [3.63, 3.8) is 0 Å². The normalized spacial score (nSPS) is 10.9. The standard InChI is InChI=1S/C16H15FN4S/c1-11-7-8-12(2)15(9-11)21-16(18-19-20-21)22-10-13-5-3-4-6-14(13)17/h3-9H,10H2,1-2H3. The number of rotatable bonds is 4. The van der Waals surface area contributed by atoms with Crippen LogP contribution in [0.15, 0.2) is 47.6 Å². The topological polar surface area (TPSA) is 43.6 Å². The molecule has 0 aliphatic rings. The number of thioether (sulfide) groups is 1. The fourth-order valence-corrected chi connectivity index (χ4v) is 3.00. The van der Waals surface area contributed by atoms with Gasteiger partial charge in [0, 0.05) is 5.75 Å². The monoisotopic (exact) mass is 314 g/mol. The van der Waals surface area contributed by atoms with Crippen molar-refractivity contribution >= 4 is 11.8 Å². The van der Waals surface area contributed by atoms with Crippen LogP contribution in [0.3, 0.4) is 0 Å². The molecule has 0 spiro atoms. The van der Waals surface area contributed by atoms with E-state index in [1.807, 2.05) is 32.0 Å². The van der Waals surface area contributed by atoms with E-state index >= 15 is 0 Å². The number of aromatic nitrogens is 4. The van der Waals surface area contributed by atoms with E-state index in [4.69, 9.17) is 0 Å². The Morgan fingerprint density at radius 2 is 1.95 bits per heavy atom. The van der Waals surface area contributed by atoms with E-state index in [0.29, 0.717) is 16.5 Å². The minimum atomic E-state index is -0.208. The summed E-state index contributed by atoms with van der Waals surface area (Å²) >= 11 is 1.42. The second-order valence-electron chi connectivity index (χ2n) is 5.04. The molecule has 4 nitrogen and oxygen atoms in total. The Bertz CT molecular complexity index is 800. The van der Waals surface area contributed by atoms with Crippen LogP contribution >= 0.6 is 11.8 Å². The van der Waals surface area contributed by atoms with E-state index in [2.05, 4.69) is 21.6 Å². The Hall–Kier alpha value is -2.21. The van der Waals surface area contributed by atoms with Crippen LogP contribution in [0, 0.1) is 19.7 Å². The maximum Gasteiger partial charge on any atom is 0.214 e. The number of tetrazole rings is 1. The summed E-state index contributed by atoms with van der Waals surface area (Å²) in [5, 5.41) is 12.5. The number of hydrogen-bond donors (Lipinski definition) is 0. The molecule has 2 aromatic carbocycles. The summed E-state index contributed by atoms with van der Waals surface area (Å²) in [6, 6.07) is 12.9. The van der Waals surface area contributed by atoms with Gasteiger partial charge in [0.05, 0.1) is 5.69 Å². The fraction of sp³-hybridized carbons (Fsp3) is 0.188. The van der Waals surface area contributed by atoms with Crippen molar-refractivity contribution in [2.24, 2.45) is 0 Å². The lowest BCUT2D eigenvalue weighted by atomic mass is 10.1. The average Bonchev–Trinajstić information content (AvgIpc) is 2.97. The third kappa shape index (κ3) is 3.01. The van der Waals surface area contributed by atoms with Crippen LogP contribution < -0.4 is 0 Å². The molecular weight excluding hydrogens is 299 g/mol. The third-order valence-corrected chi connectivity index (χ3v) is 4.32. The van der Waals surface area contributed by atoms with E-state index in [-0.39, 0.29) is 5.82 Å². The molecule has 0 saturated heterocycles. The van der Waals surface area contributed by atoms with Gasteiger partial charge >= 0.3 is 0 Å². The molecule has 0 aliphatic carbocycles. The Balaban J connectivity index is 1.87. The van der Waals surface area contributed by atoms with E-state index in [1.165, 1.54) is 17.8 Å². The molecule has 0 N–H and O–H groups in total. The van der Waals surface area contributed by atoms with E-state index in [1.54, 1.807) is 16.8 Å². The molecule has 22 heavy (non-hydrogen) atoms. The summed E-state index contributed by atoms with van der Waals surface area (Å²) in [6.07, 6.45) is 0. The summed E-state index contributed by atoms with van der Waals surface area (Å²) in [7, 11) is 0. The highest BCUT2D eigenvalue weighted by Gasteiger charge is 2.12. The number of benzene rings is 2. The van der Waals surface area contributed by atoms with Gasteiger partial charge in [-0.2, -0.15) is 4.68 Å². The highest BCUT2D eigenvalue weighted by Crippen LogP contribution is 2.25. The van der Waals surface area contributed by atoms with Crippen molar-refractivity contribution in [1.82, 2.24) is 20.2 Å². The van der Waals surface area contributed by atoms with Crippen molar-refractivity contribution < 1.29 is 4.39 Å². The van der Waals surface area contributed by atoms with Gasteiger partial charge in [-0.1, -0.05) is 42.1 Å². The zero-order valence-corrected chi connectivity index (χ0v) is 13.1. The van der Waals surface area contributed by atoms with Gasteiger partial charge < -0.3 is 0 Å². The molecule has 0 unspecified atom stereocenters. The van der Waals surface area contributed by atoms with E-state index in [0.717, 1.165) is 16.8 Å². The molecule has 0 aliphatic heterocycles. The molecule has 3 aromatic rings. The second-order valence-corrected chi connectivity index (χ2v) is 5.99. The van der Waals surface area contributed by atoms with Crippen molar-refractivity contribution in [2.45, 2.75) is 24.8 Å². The summed E-state index contributed by atoms with van der Waals surface area (Å²) in [5.74, 6) is 0.276. The summed E-state index contributed by atoms with van der Waals surface area (Å²) in [6.45, 7) is 4.04. The Kier molecular flexibility index (Phi) is 4.20. The predicted molar refractivity (Wildman–Crippen MR) is 84.6 cm³/mol. The van der Waals surface area contributed by atoms with Gasteiger partial charge in [-0.3, -0.25) is 0 Å². The molecule has 0 atom stereocenters. The van der Waals surface area contributed by atoms with Gasteiger partial charge in [0.25, 0.3) is 0 Å². The SMILES string of the molecule is Cc1ccc(C)c(-n2nnnc2SCc2ccccc2F)c1. The van der Waals surface area contributed by atoms with Crippen LogP contribution in [0.2, 0.25) is 0 Å². The van der Waals surface area contributed by atoms with Crippen molar-refractivity contribution in [1.29, 1.82) is 0 Å². The molecule has 0 fully saturated rings. The highest BCUT2D eigenvalue weighted by atomic mass is 32.2. The Labute approximate surface area is 132 Å². The molecule has 112 valence electrons. The van der Waals surface area contributed by atoms with Crippen LogP contribution in [-0.2, 0) is 5.75 Å². The van der Waals surface area contributed by atoms with E-state index < -0.39 is 0 Å². The zero-order chi connectivity index (χ0) is 15.5. The van der Waals surface area contributed by atoms with E-state index in [9.17, 15) is 4.39 Å². The molecular formula is C16H15FN4S. The number of halogens is 1. The first-order valence-corrected chi connectivity index (χ1v) is 7.86. The van der Waals surface area contributed by atoms with Gasteiger partial charge in [0.15, 0.2) is 0 Å². The first kappa shape index (κ1) is 14.7. The molecule has 0 bridgehead atoms. The van der Waals surface area contributed by atoms with Crippen LogP contribution in [-0.4, -0.2) is 20.2 Å². The summed E-state index contributed by atoms with van der Waals surface area (Å²) in [5.41, 5.74) is 3.82. The van der Waals surface area contributed by atoms with Crippen LogP contribution in [0.25, 0.3) is 5.69 Å². The van der Waals surface area contributed by atoms with Gasteiger partial charge in [0.1, 0.15) is 5.82 Å². The van der Waals surface area contributed by atoms with Gasteiger partial charge in [-0.15, -0.1) is 5.10 Å². The molecule has 3 rings (SSSR count). The number of aryl methyl sites for hydroxylation is 2. The largest absolute Gasteiger partial charge is 0.214 e.